The van der Waals surface area contributed by atoms with Gasteiger partial charge in [-0.2, -0.15) is 10.4 Å². The Labute approximate surface area is 207 Å². The van der Waals surface area contributed by atoms with Gasteiger partial charge in [0.15, 0.2) is 0 Å². The predicted octanol–water partition coefficient (Wildman–Crippen LogP) is 6.01. The summed E-state index contributed by atoms with van der Waals surface area (Å²) >= 11 is 1.57. The Morgan fingerprint density at radius 3 is 2.71 bits per heavy atom. The first kappa shape index (κ1) is 22.9. The maximum absolute atomic E-state index is 13.6. The molecule has 1 aliphatic carbocycles. The highest BCUT2D eigenvalue weighted by atomic mass is 32.1. The minimum Gasteiger partial charge on any atom is -0.339 e. The smallest absolute Gasteiger partial charge is 0.253 e. The summed E-state index contributed by atoms with van der Waals surface area (Å²) in [6, 6.07) is 8.86. The minimum absolute atomic E-state index is 0.0107. The van der Waals surface area contributed by atoms with E-state index in [1.165, 1.54) is 0 Å². The molecule has 0 radical (unpaired) electrons. The highest BCUT2D eigenvalue weighted by molar-refractivity contribution is 7.13. The van der Waals surface area contributed by atoms with Crippen molar-refractivity contribution in [3.63, 3.8) is 0 Å². The molecular formula is C27H24FN5OS. The number of thiazole rings is 1. The maximum Gasteiger partial charge on any atom is 0.253 e. The highest BCUT2D eigenvalue weighted by Crippen LogP contribution is 2.39. The average molecular weight is 486 g/mol. The second-order valence-corrected chi connectivity index (χ2v) is 9.50. The lowest BCUT2D eigenvalue weighted by atomic mass is 9.89. The molecule has 1 saturated heterocycles. The summed E-state index contributed by atoms with van der Waals surface area (Å²) in [7, 11) is 0. The molecule has 2 aromatic heterocycles. The molecule has 176 valence electrons. The number of nitrogens with zero attached hydrogens (tertiary/aromatic N) is 4. The highest BCUT2D eigenvalue weighted by Gasteiger charge is 2.30. The number of rotatable bonds is 4. The zero-order valence-corrected chi connectivity index (χ0v) is 19.9. The molecule has 1 N–H and O–H groups in total. The molecule has 8 heteroatoms. The van der Waals surface area contributed by atoms with Crippen LogP contribution in [-0.2, 0) is 0 Å². The van der Waals surface area contributed by atoms with Crippen LogP contribution in [0.25, 0.3) is 16.1 Å². The first-order valence-corrected chi connectivity index (χ1v) is 12.5. The third-order valence-electron chi connectivity index (χ3n) is 6.45. The first-order valence-electron chi connectivity index (χ1n) is 11.6. The van der Waals surface area contributed by atoms with Crippen LogP contribution in [0, 0.1) is 11.3 Å². The fourth-order valence-electron chi connectivity index (χ4n) is 4.60. The number of hydrogen-bond acceptors (Lipinski definition) is 5. The Kier molecular flexibility index (Phi) is 6.68. The van der Waals surface area contributed by atoms with Gasteiger partial charge < -0.3 is 4.90 Å². The number of nitriles is 1. The molecule has 3 aromatic rings. The van der Waals surface area contributed by atoms with Crippen LogP contribution in [0.15, 0.2) is 66.0 Å². The van der Waals surface area contributed by atoms with E-state index in [-0.39, 0.29) is 24.1 Å². The molecule has 3 heterocycles. The van der Waals surface area contributed by atoms with E-state index >= 15 is 0 Å². The van der Waals surface area contributed by atoms with Crippen molar-refractivity contribution >= 4 is 22.8 Å². The summed E-state index contributed by atoms with van der Waals surface area (Å²) in [6.45, 7) is 1.28. The third-order valence-corrected chi connectivity index (χ3v) is 7.24. The fourth-order valence-corrected chi connectivity index (χ4v) is 5.30. The number of hydrogen-bond donors (Lipinski definition) is 1. The molecular weight excluding hydrogens is 461 g/mol. The third kappa shape index (κ3) is 4.86. The average Bonchev–Trinajstić information content (AvgIpc) is 3.56. The molecule has 35 heavy (non-hydrogen) atoms. The van der Waals surface area contributed by atoms with Crippen molar-refractivity contribution in [2.24, 2.45) is 0 Å². The Morgan fingerprint density at radius 2 is 2.00 bits per heavy atom. The van der Waals surface area contributed by atoms with Crippen LogP contribution < -0.4 is 0 Å². The van der Waals surface area contributed by atoms with Crippen molar-refractivity contribution < 1.29 is 9.18 Å². The van der Waals surface area contributed by atoms with E-state index in [0.29, 0.717) is 30.6 Å². The van der Waals surface area contributed by atoms with Gasteiger partial charge in [0.25, 0.3) is 5.91 Å². The van der Waals surface area contributed by atoms with Gasteiger partial charge in [-0.1, -0.05) is 18.2 Å². The summed E-state index contributed by atoms with van der Waals surface area (Å²) in [5, 5.41) is 19.8. The lowest BCUT2D eigenvalue weighted by Crippen LogP contribution is -2.38. The maximum atomic E-state index is 13.6. The molecule has 0 spiro atoms. The number of allylic oxidation sites excluding steroid dienone is 6. The second-order valence-electron chi connectivity index (χ2n) is 8.61. The van der Waals surface area contributed by atoms with Gasteiger partial charge in [-0.25, -0.2) is 9.37 Å². The molecule has 1 aliphatic heterocycles. The lowest BCUT2D eigenvalue weighted by molar-refractivity contribution is 0.0712. The quantitative estimate of drug-likeness (QED) is 0.490. The number of benzene rings is 1. The molecule has 0 saturated carbocycles. The van der Waals surface area contributed by atoms with Crippen LogP contribution >= 0.6 is 11.3 Å². The van der Waals surface area contributed by atoms with Crippen LogP contribution in [0.1, 0.15) is 58.9 Å². The fraction of sp³-hybridized carbons (Fsp3) is 0.259. The van der Waals surface area contributed by atoms with E-state index in [4.69, 9.17) is 5.26 Å². The summed E-state index contributed by atoms with van der Waals surface area (Å²) in [5.41, 5.74) is 4.97. The van der Waals surface area contributed by atoms with Crippen molar-refractivity contribution in [2.45, 2.75) is 31.6 Å². The van der Waals surface area contributed by atoms with Gasteiger partial charge >= 0.3 is 0 Å². The van der Waals surface area contributed by atoms with Crippen LogP contribution in [-0.4, -0.2) is 39.1 Å². The minimum atomic E-state index is -0.123. The van der Waals surface area contributed by atoms with E-state index < -0.39 is 0 Å². The molecule has 5 rings (SSSR count). The molecule has 2 aliphatic rings. The number of likely N-dealkylation sites (tertiary alicyclic amines) is 1. The molecule has 0 unspecified atom stereocenters. The number of nitrogens with one attached hydrogen (secondary N) is 1. The van der Waals surface area contributed by atoms with E-state index in [1.807, 2.05) is 28.5 Å². The van der Waals surface area contributed by atoms with E-state index in [2.05, 4.69) is 21.3 Å². The van der Waals surface area contributed by atoms with Crippen LogP contribution in [0.2, 0.25) is 0 Å². The van der Waals surface area contributed by atoms with Crippen molar-refractivity contribution in [1.29, 1.82) is 5.26 Å². The lowest BCUT2D eigenvalue weighted by Gasteiger charge is -2.32. The Bertz CT molecular complexity index is 1340. The Hall–Kier alpha value is -3.83. The first-order chi connectivity index (χ1) is 17.1. The summed E-state index contributed by atoms with van der Waals surface area (Å²) in [4.78, 5) is 19.4. The van der Waals surface area contributed by atoms with Gasteiger partial charge in [-0.15, -0.1) is 11.3 Å². The van der Waals surface area contributed by atoms with E-state index in [0.717, 1.165) is 40.4 Å². The number of carbonyl (C=O) groups excluding carboxylic acids is 1. The van der Waals surface area contributed by atoms with Gasteiger partial charge in [0.1, 0.15) is 16.5 Å². The van der Waals surface area contributed by atoms with E-state index in [9.17, 15) is 9.18 Å². The normalized spacial score (nSPS) is 19.1. The van der Waals surface area contributed by atoms with Gasteiger partial charge in [0.2, 0.25) is 0 Å². The number of halogens is 1. The summed E-state index contributed by atoms with van der Waals surface area (Å²) in [6.07, 6.45) is 11.6. The van der Waals surface area contributed by atoms with Crippen molar-refractivity contribution in [1.82, 2.24) is 20.1 Å². The standard InChI is InChI=1S/C27H24FN5OS/c28-22-5-1-3-19(4-2-6-22)24-23(26-30-13-16-35-26)25(32-31-24)20-11-14-33(15-12-20)27(34)21-9-7-18(17-29)8-10-21/h1,3-4,6-10,13,16,20H,2,5,11-12,14-15H2,(H,31,32)/b3-1-,19-4?,22-6+. The van der Waals surface area contributed by atoms with Gasteiger partial charge in [-0.05, 0) is 55.2 Å². The number of piperidine rings is 1. The molecule has 6 nitrogen and oxygen atoms in total. The summed E-state index contributed by atoms with van der Waals surface area (Å²) < 4.78 is 13.6. The topological polar surface area (TPSA) is 85.7 Å². The number of amides is 1. The van der Waals surface area contributed by atoms with Crippen molar-refractivity contribution in [3.8, 4) is 16.6 Å². The van der Waals surface area contributed by atoms with Crippen LogP contribution in [0.3, 0.4) is 0 Å². The largest absolute Gasteiger partial charge is 0.339 e. The number of carbonyl (C=O) groups is 1. The second kappa shape index (κ2) is 10.2. The zero-order valence-electron chi connectivity index (χ0n) is 19.1. The molecule has 1 aromatic carbocycles. The van der Waals surface area contributed by atoms with Crippen molar-refractivity contribution in [3.05, 3.63) is 88.5 Å². The zero-order chi connectivity index (χ0) is 24.2. The Balaban J connectivity index is 1.38. The van der Waals surface area contributed by atoms with Gasteiger partial charge in [-0.3, -0.25) is 9.89 Å². The van der Waals surface area contributed by atoms with Crippen LogP contribution in [0.4, 0.5) is 4.39 Å². The van der Waals surface area contributed by atoms with Gasteiger partial charge in [0.05, 0.1) is 17.2 Å². The van der Waals surface area contributed by atoms with E-state index in [1.54, 1.807) is 47.9 Å². The number of aromatic amines is 1. The molecule has 1 amide bonds. The van der Waals surface area contributed by atoms with Gasteiger partial charge in [0, 0.05) is 48.3 Å². The molecule has 1 fully saturated rings. The molecule has 0 bridgehead atoms. The van der Waals surface area contributed by atoms with Crippen LogP contribution in [0.5, 0.6) is 0 Å². The summed E-state index contributed by atoms with van der Waals surface area (Å²) in [5.74, 6) is 0.0841. The van der Waals surface area contributed by atoms with Crippen molar-refractivity contribution in [2.75, 3.05) is 13.1 Å². The SMILES string of the molecule is N#Cc1ccc(C(=O)N2CCC(c3[nH]nc(C4=CC/C=C(/F)C/C=C\4)c3-c3nccs3)CC2)cc1. The monoisotopic (exact) mass is 485 g/mol. The number of H-pyrrole nitrogens is 1. The number of aromatic nitrogens is 3. The predicted molar refractivity (Wildman–Crippen MR) is 134 cm³/mol. The Morgan fingerprint density at radius 1 is 1.20 bits per heavy atom. The molecule has 0 atom stereocenters.